The Bertz CT molecular complexity index is 944. The number of hydrogen-bond donors (Lipinski definition) is 2. The lowest BCUT2D eigenvalue weighted by atomic mass is 10.1. The number of para-hydroxylation sites is 1. The molecule has 1 amide bonds. The van der Waals surface area contributed by atoms with Crippen LogP contribution in [0.5, 0.6) is 11.5 Å². The Labute approximate surface area is 159 Å². The Morgan fingerprint density at radius 2 is 1.68 bits per heavy atom. The number of sulfonamides is 1. The average Bonchev–Trinajstić information content (AvgIpc) is 2.65. The van der Waals surface area contributed by atoms with Gasteiger partial charge in [0.25, 0.3) is 5.91 Å². The highest BCUT2D eigenvalue weighted by molar-refractivity contribution is 7.89. The molecule has 0 aliphatic rings. The van der Waals surface area contributed by atoms with Crippen LogP contribution >= 0.6 is 0 Å². The minimum atomic E-state index is -4.67. The lowest BCUT2D eigenvalue weighted by Gasteiger charge is -2.13. The molecule has 2 aromatic carbocycles. The quantitative estimate of drug-likeness (QED) is 0.721. The first-order valence-corrected chi connectivity index (χ1v) is 9.24. The molecule has 0 fully saturated rings. The van der Waals surface area contributed by atoms with Gasteiger partial charge in [-0.25, -0.2) is 13.1 Å². The summed E-state index contributed by atoms with van der Waals surface area (Å²) in [7, 11) is -1.53. The van der Waals surface area contributed by atoms with E-state index in [1.165, 1.54) is 37.1 Å². The summed E-state index contributed by atoms with van der Waals surface area (Å²) in [4.78, 5) is 12.1. The van der Waals surface area contributed by atoms with Gasteiger partial charge in [-0.05, 0) is 36.4 Å². The number of rotatable bonds is 7. The Kier molecular flexibility index (Phi) is 6.52. The topological polar surface area (TPSA) is 93.7 Å². The maximum Gasteiger partial charge on any atom is 0.402 e. The Morgan fingerprint density at radius 1 is 1.04 bits per heavy atom. The van der Waals surface area contributed by atoms with Crippen molar-refractivity contribution < 1.29 is 35.9 Å². The van der Waals surface area contributed by atoms with Gasteiger partial charge in [-0.1, -0.05) is 6.07 Å². The summed E-state index contributed by atoms with van der Waals surface area (Å²) in [6, 6.07) is 9.39. The minimum Gasteiger partial charge on any atom is -0.493 e. The predicted molar refractivity (Wildman–Crippen MR) is 95.2 cm³/mol. The molecule has 2 rings (SSSR count). The molecule has 11 heteroatoms. The lowest BCUT2D eigenvalue weighted by Crippen LogP contribution is -2.33. The van der Waals surface area contributed by atoms with Crippen LogP contribution in [0.15, 0.2) is 47.4 Å². The van der Waals surface area contributed by atoms with E-state index in [9.17, 15) is 26.4 Å². The molecule has 0 atom stereocenters. The molecule has 28 heavy (non-hydrogen) atoms. The second-order valence-electron chi connectivity index (χ2n) is 5.46. The number of hydrogen-bond acceptors (Lipinski definition) is 5. The molecule has 0 radical (unpaired) electrons. The molecule has 2 aromatic rings. The van der Waals surface area contributed by atoms with Gasteiger partial charge in [0.1, 0.15) is 6.54 Å². The first-order chi connectivity index (χ1) is 13.1. The van der Waals surface area contributed by atoms with Crippen molar-refractivity contribution in [2.45, 2.75) is 11.1 Å². The van der Waals surface area contributed by atoms with E-state index in [2.05, 4.69) is 5.32 Å². The van der Waals surface area contributed by atoms with E-state index in [4.69, 9.17) is 9.47 Å². The fourth-order valence-electron chi connectivity index (χ4n) is 2.24. The monoisotopic (exact) mass is 418 g/mol. The lowest BCUT2D eigenvalue weighted by molar-refractivity contribution is -0.121. The normalized spacial score (nSPS) is 11.8. The van der Waals surface area contributed by atoms with Crippen LogP contribution < -0.4 is 19.5 Å². The number of benzene rings is 2. The SMILES string of the molecule is COc1cccc(C(=O)Nc2ccc(S(=O)(=O)NCC(F)(F)F)cc2)c1OC. The van der Waals surface area contributed by atoms with Gasteiger partial charge >= 0.3 is 6.18 Å². The van der Waals surface area contributed by atoms with Crippen molar-refractivity contribution in [1.82, 2.24) is 4.72 Å². The molecule has 0 saturated heterocycles. The summed E-state index contributed by atoms with van der Waals surface area (Å²) in [6.45, 7) is -1.68. The first kappa shape index (κ1) is 21.5. The summed E-state index contributed by atoms with van der Waals surface area (Å²) in [5, 5.41) is 2.55. The van der Waals surface area contributed by atoms with Crippen molar-refractivity contribution in [1.29, 1.82) is 0 Å². The maximum atomic E-state index is 12.5. The molecule has 0 aromatic heterocycles. The van der Waals surface area contributed by atoms with Crippen molar-refractivity contribution >= 4 is 21.6 Å². The van der Waals surface area contributed by atoms with Gasteiger partial charge in [-0.15, -0.1) is 0 Å². The molecule has 152 valence electrons. The van der Waals surface area contributed by atoms with E-state index >= 15 is 0 Å². The number of carbonyl (C=O) groups excluding carboxylic acids is 1. The molecule has 0 saturated carbocycles. The number of alkyl halides is 3. The highest BCUT2D eigenvalue weighted by Crippen LogP contribution is 2.31. The fourth-order valence-corrected chi connectivity index (χ4v) is 3.26. The van der Waals surface area contributed by atoms with Crippen LogP contribution in [0.25, 0.3) is 0 Å². The number of amides is 1. The van der Waals surface area contributed by atoms with E-state index in [0.717, 1.165) is 12.1 Å². The van der Waals surface area contributed by atoms with Crippen molar-refractivity contribution in [3.8, 4) is 11.5 Å². The summed E-state index contributed by atoms with van der Waals surface area (Å²) in [6.07, 6.45) is -4.67. The molecule has 0 unspecified atom stereocenters. The standard InChI is InChI=1S/C17H17F3N2O5S/c1-26-14-5-3-4-13(15(14)27-2)16(23)22-11-6-8-12(9-7-11)28(24,25)21-10-17(18,19)20/h3-9,21H,10H2,1-2H3,(H,22,23). The van der Waals surface area contributed by atoms with Gasteiger partial charge in [0.15, 0.2) is 11.5 Å². The van der Waals surface area contributed by atoms with E-state index in [-0.39, 0.29) is 21.9 Å². The highest BCUT2D eigenvalue weighted by Gasteiger charge is 2.30. The Morgan fingerprint density at radius 3 is 2.21 bits per heavy atom. The highest BCUT2D eigenvalue weighted by atomic mass is 32.2. The molecular formula is C17H17F3N2O5S. The summed E-state index contributed by atoms with van der Waals surface area (Å²) in [5.41, 5.74) is 0.426. The number of halogens is 3. The summed E-state index contributed by atoms with van der Waals surface area (Å²) < 4.78 is 72.1. The molecule has 0 bridgehead atoms. The third-order valence-electron chi connectivity index (χ3n) is 3.53. The van der Waals surface area contributed by atoms with Crippen molar-refractivity contribution in [3.05, 3.63) is 48.0 Å². The van der Waals surface area contributed by atoms with Crippen LogP contribution in [-0.4, -0.2) is 41.3 Å². The van der Waals surface area contributed by atoms with Crippen molar-refractivity contribution in [2.75, 3.05) is 26.1 Å². The fraction of sp³-hybridized carbons (Fsp3) is 0.235. The van der Waals surface area contributed by atoms with Crippen LogP contribution in [0.4, 0.5) is 18.9 Å². The van der Waals surface area contributed by atoms with Crippen LogP contribution in [0.2, 0.25) is 0 Å². The van der Waals surface area contributed by atoms with E-state index < -0.39 is 28.7 Å². The van der Waals surface area contributed by atoms with E-state index in [1.54, 1.807) is 12.1 Å². The first-order valence-electron chi connectivity index (χ1n) is 7.76. The van der Waals surface area contributed by atoms with Gasteiger partial charge < -0.3 is 14.8 Å². The second-order valence-corrected chi connectivity index (χ2v) is 7.23. The largest absolute Gasteiger partial charge is 0.493 e. The van der Waals surface area contributed by atoms with Gasteiger partial charge in [-0.3, -0.25) is 4.79 Å². The number of carbonyl (C=O) groups is 1. The summed E-state index contributed by atoms with van der Waals surface area (Å²) in [5.74, 6) is 0.0342. The Balaban J connectivity index is 2.16. The molecule has 0 aliphatic heterocycles. The smallest absolute Gasteiger partial charge is 0.402 e. The number of nitrogens with one attached hydrogen (secondary N) is 2. The second kappa shape index (κ2) is 8.48. The zero-order valence-electron chi connectivity index (χ0n) is 14.8. The number of methoxy groups -OCH3 is 2. The predicted octanol–water partition coefficient (Wildman–Crippen LogP) is 2.80. The van der Waals surface area contributed by atoms with Crippen molar-refractivity contribution in [2.24, 2.45) is 0 Å². The summed E-state index contributed by atoms with van der Waals surface area (Å²) >= 11 is 0. The van der Waals surface area contributed by atoms with Crippen LogP contribution in [0, 0.1) is 0 Å². The molecule has 0 heterocycles. The van der Waals surface area contributed by atoms with E-state index in [0.29, 0.717) is 5.75 Å². The van der Waals surface area contributed by atoms with Gasteiger partial charge in [0.05, 0.1) is 24.7 Å². The van der Waals surface area contributed by atoms with Crippen LogP contribution in [0.1, 0.15) is 10.4 Å². The third kappa shape index (κ3) is 5.36. The molecule has 0 spiro atoms. The minimum absolute atomic E-state index is 0.186. The van der Waals surface area contributed by atoms with Gasteiger partial charge in [-0.2, -0.15) is 13.2 Å². The molecule has 7 nitrogen and oxygen atoms in total. The zero-order chi connectivity index (χ0) is 20.9. The third-order valence-corrected chi connectivity index (χ3v) is 4.95. The van der Waals surface area contributed by atoms with Crippen LogP contribution in [-0.2, 0) is 10.0 Å². The maximum absolute atomic E-state index is 12.5. The van der Waals surface area contributed by atoms with Gasteiger partial charge in [0, 0.05) is 5.69 Å². The number of ether oxygens (including phenoxy) is 2. The zero-order valence-corrected chi connectivity index (χ0v) is 15.6. The van der Waals surface area contributed by atoms with Crippen LogP contribution in [0.3, 0.4) is 0 Å². The Hall–Kier alpha value is -2.79. The molecule has 0 aliphatic carbocycles. The average molecular weight is 418 g/mol. The van der Waals surface area contributed by atoms with Gasteiger partial charge in [0.2, 0.25) is 10.0 Å². The molecular weight excluding hydrogens is 401 g/mol. The van der Waals surface area contributed by atoms with E-state index in [1.807, 2.05) is 0 Å². The number of anilines is 1. The van der Waals surface area contributed by atoms with Crippen molar-refractivity contribution in [3.63, 3.8) is 0 Å². The molecule has 2 N–H and O–H groups in total.